The Balaban J connectivity index is 2.37. The Kier molecular flexibility index (Phi) is 37.4. The van der Waals surface area contributed by atoms with Gasteiger partial charge in [0.15, 0.2) is 12.4 Å². The summed E-state index contributed by atoms with van der Waals surface area (Å²) in [4.78, 5) is 25.5. The fourth-order valence-electron chi connectivity index (χ4n) is 7.90. The quantitative estimate of drug-likeness (QED) is 0.0197. The van der Waals surface area contributed by atoms with Gasteiger partial charge in [-0.25, -0.2) is 0 Å². The fourth-order valence-corrected chi connectivity index (χ4v) is 8.59. The number of carbonyl (C=O) groups excluding carboxylic acids is 2. The molecular weight excluding hydrogens is 813 g/mol. The van der Waals surface area contributed by atoms with E-state index in [4.69, 9.17) is 18.9 Å². The van der Waals surface area contributed by atoms with E-state index in [2.05, 4.69) is 26.0 Å². The summed E-state index contributed by atoms with van der Waals surface area (Å²) < 4.78 is 54.2. The lowest BCUT2D eigenvalue weighted by molar-refractivity contribution is -0.297. The van der Waals surface area contributed by atoms with Crippen molar-refractivity contribution in [3.63, 3.8) is 0 Å². The topological polar surface area (TPSA) is 186 Å². The molecule has 366 valence electrons. The van der Waals surface area contributed by atoms with Gasteiger partial charge < -0.3 is 34.3 Å². The standard InChI is InChI=1S/C49H92O12S/c1-3-5-7-9-11-13-15-17-19-20-21-22-24-26-28-30-32-34-36-38-45(51)60-42(40-59-49-48(54)47(53)46(52)43(61-49)41-62(55,56)57)39-58-44(50)37-35-33-31-29-27-25-23-18-16-14-12-10-8-6-4-2/h10,12,42-43,46-49,52-54H,3-9,11,13-41H2,1-2H3,(H,55,56,57)/b12-10+/t42-,43-,46-,47?,48?,49+/m1/s1. The normalized spacial score (nSPS) is 19.9. The zero-order valence-corrected chi connectivity index (χ0v) is 40.1. The number of ether oxygens (including phenoxy) is 4. The third-order valence-electron chi connectivity index (χ3n) is 11.8. The molecule has 0 bridgehead atoms. The van der Waals surface area contributed by atoms with Crippen molar-refractivity contribution in [2.24, 2.45) is 0 Å². The first kappa shape index (κ1) is 58.4. The van der Waals surface area contributed by atoms with Gasteiger partial charge in [-0.3, -0.25) is 14.1 Å². The molecule has 13 heteroatoms. The molecule has 1 rings (SSSR count). The van der Waals surface area contributed by atoms with E-state index >= 15 is 0 Å². The molecule has 2 unspecified atom stereocenters. The first-order valence-electron chi connectivity index (χ1n) is 25.2. The number of unbranched alkanes of at least 4 members (excludes halogenated alkanes) is 29. The highest BCUT2D eigenvalue weighted by Crippen LogP contribution is 2.24. The van der Waals surface area contributed by atoms with E-state index in [9.17, 15) is 37.9 Å². The monoisotopic (exact) mass is 905 g/mol. The largest absolute Gasteiger partial charge is 0.462 e. The number of aliphatic hydroxyl groups excluding tert-OH is 3. The van der Waals surface area contributed by atoms with E-state index < -0.39 is 71.2 Å². The zero-order valence-electron chi connectivity index (χ0n) is 39.2. The lowest BCUT2D eigenvalue weighted by Gasteiger charge is -2.40. The van der Waals surface area contributed by atoms with Crippen LogP contribution < -0.4 is 0 Å². The second kappa shape index (κ2) is 39.7. The summed E-state index contributed by atoms with van der Waals surface area (Å²) in [5.74, 6) is -1.97. The van der Waals surface area contributed by atoms with E-state index in [1.807, 2.05) is 0 Å². The predicted octanol–water partition coefficient (Wildman–Crippen LogP) is 11.0. The number of rotatable bonds is 43. The van der Waals surface area contributed by atoms with Gasteiger partial charge in [0.05, 0.1) is 6.61 Å². The van der Waals surface area contributed by atoms with Crippen molar-refractivity contribution < 1.29 is 56.8 Å². The maximum atomic E-state index is 12.9. The van der Waals surface area contributed by atoms with E-state index in [1.165, 1.54) is 154 Å². The number of hydrogen-bond donors (Lipinski definition) is 4. The molecule has 1 saturated heterocycles. The van der Waals surface area contributed by atoms with E-state index in [0.29, 0.717) is 12.8 Å². The SMILES string of the molecule is CCCC/C=C/CCCCCCCCCCCC(=O)OC[C@H](CO[C@H]1O[C@H](CS(=O)(=O)O)[C@@H](O)C(O)C1O)OC(=O)CCCCCCCCCCCCCCCCCCCCC. The van der Waals surface area contributed by atoms with Crippen LogP contribution >= 0.6 is 0 Å². The average Bonchev–Trinajstić information content (AvgIpc) is 3.24. The van der Waals surface area contributed by atoms with Gasteiger partial charge >= 0.3 is 11.9 Å². The minimum atomic E-state index is -4.60. The van der Waals surface area contributed by atoms with Crippen LogP contribution in [0.2, 0.25) is 0 Å². The predicted molar refractivity (Wildman–Crippen MR) is 247 cm³/mol. The van der Waals surface area contributed by atoms with Crippen LogP contribution in [0.15, 0.2) is 12.2 Å². The van der Waals surface area contributed by atoms with Crippen LogP contribution in [0.1, 0.15) is 232 Å². The summed E-state index contributed by atoms with van der Waals surface area (Å²) in [6, 6.07) is 0. The molecular formula is C49H92O12S. The number of carbonyl (C=O) groups is 2. The van der Waals surface area contributed by atoms with Gasteiger partial charge in [-0.1, -0.05) is 199 Å². The minimum Gasteiger partial charge on any atom is -0.462 e. The fraction of sp³-hybridized carbons (Fsp3) is 0.918. The summed E-state index contributed by atoms with van der Waals surface area (Å²) in [6.45, 7) is 3.77. The lowest BCUT2D eigenvalue weighted by Crippen LogP contribution is -2.60. The first-order chi connectivity index (χ1) is 30.0. The molecule has 0 saturated carbocycles. The van der Waals surface area contributed by atoms with Gasteiger partial charge in [-0.05, 0) is 32.1 Å². The van der Waals surface area contributed by atoms with Crippen LogP contribution in [-0.2, 0) is 38.7 Å². The summed E-state index contributed by atoms with van der Waals surface area (Å²) in [7, 11) is -4.60. The number of hydrogen-bond acceptors (Lipinski definition) is 11. The highest BCUT2D eigenvalue weighted by Gasteiger charge is 2.46. The molecule has 1 aliphatic rings. The Bertz CT molecular complexity index is 1200. The molecule has 0 spiro atoms. The molecule has 0 aromatic carbocycles. The Morgan fingerprint density at radius 1 is 0.532 bits per heavy atom. The Labute approximate surface area is 377 Å². The van der Waals surface area contributed by atoms with Gasteiger partial charge in [0, 0.05) is 12.8 Å². The van der Waals surface area contributed by atoms with Crippen molar-refractivity contribution in [3.05, 3.63) is 12.2 Å². The molecule has 0 radical (unpaired) electrons. The van der Waals surface area contributed by atoms with Crippen LogP contribution in [0.4, 0.5) is 0 Å². The number of aliphatic hydroxyl groups is 3. The van der Waals surface area contributed by atoms with Crippen molar-refractivity contribution in [3.8, 4) is 0 Å². The Hall–Kier alpha value is -1.61. The van der Waals surface area contributed by atoms with Gasteiger partial charge in [0.25, 0.3) is 10.1 Å². The minimum absolute atomic E-state index is 0.170. The average molecular weight is 905 g/mol. The van der Waals surface area contributed by atoms with Crippen LogP contribution in [0.3, 0.4) is 0 Å². The molecule has 0 aromatic heterocycles. The van der Waals surface area contributed by atoms with Crippen molar-refractivity contribution in [1.29, 1.82) is 0 Å². The smallest absolute Gasteiger partial charge is 0.306 e. The molecule has 0 aromatic rings. The van der Waals surface area contributed by atoms with Gasteiger partial charge in [-0.15, -0.1) is 0 Å². The molecule has 62 heavy (non-hydrogen) atoms. The van der Waals surface area contributed by atoms with Crippen LogP contribution in [0.5, 0.6) is 0 Å². The highest BCUT2D eigenvalue weighted by molar-refractivity contribution is 7.85. The van der Waals surface area contributed by atoms with E-state index in [1.54, 1.807) is 0 Å². The van der Waals surface area contributed by atoms with Gasteiger partial charge in [0.2, 0.25) is 0 Å². The van der Waals surface area contributed by atoms with Crippen molar-refractivity contribution in [1.82, 2.24) is 0 Å². The third-order valence-corrected chi connectivity index (χ3v) is 12.6. The summed E-state index contributed by atoms with van der Waals surface area (Å²) in [6.07, 6.45) is 33.9. The molecule has 4 N–H and O–H groups in total. The summed E-state index contributed by atoms with van der Waals surface area (Å²) in [5.41, 5.74) is 0. The first-order valence-corrected chi connectivity index (χ1v) is 26.9. The molecule has 1 aliphatic heterocycles. The van der Waals surface area contributed by atoms with Crippen molar-refractivity contribution in [2.75, 3.05) is 19.0 Å². The highest BCUT2D eigenvalue weighted by atomic mass is 32.2. The van der Waals surface area contributed by atoms with Crippen molar-refractivity contribution in [2.45, 2.75) is 269 Å². The van der Waals surface area contributed by atoms with Crippen LogP contribution in [-0.4, -0.2) is 96.0 Å². The third kappa shape index (κ3) is 33.8. The maximum absolute atomic E-state index is 12.9. The van der Waals surface area contributed by atoms with E-state index in [-0.39, 0.29) is 19.4 Å². The maximum Gasteiger partial charge on any atom is 0.306 e. The van der Waals surface area contributed by atoms with Crippen LogP contribution in [0, 0.1) is 0 Å². The molecule has 6 atom stereocenters. The van der Waals surface area contributed by atoms with E-state index in [0.717, 1.165) is 38.5 Å². The van der Waals surface area contributed by atoms with Crippen molar-refractivity contribution >= 4 is 22.1 Å². The summed E-state index contributed by atoms with van der Waals surface area (Å²) in [5, 5.41) is 30.9. The summed E-state index contributed by atoms with van der Waals surface area (Å²) >= 11 is 0. The van der Waals surface area contributed by atoms with Gasteiger partial charge in [0.1, 0.15) is 36.8 Å². The number of allylic oxidation sites excluding steroid dienone is 2. The number of esters is 2. The Morgan fingerprint density at radius 2 is 0.935 bits per heavy atom. The van der Waals surface area contributed by atoms with Crippen LogP contribution in [0.25, 0.3) is 0 Å². The molecule has 0 aliphatic carbocycles. The van der Waals surface area contributed by atoms with Gasteiger partial charge in [-0.2, -0.15) is 8.42 Å². The molecule has 1 fully saturated rings. The molecule has 12 nitrogen and oxygen atoms in total. The second-order valence-corrected chi connectivity index (χ2v) is 19.3. The lowest BCUT2D eigenvalue weighted by atomic mass is 10.00. The molecule has 0 amide bonds. The zero-order chi connectivity index (χ0) is 45.5. The Morgan fingerprint density at radius 3 is 1.39 bits per heavy atom. The molecule has 1 heterocycles. The second-order valence-electron chi connectivity index (χ2n) is 17.8.